The minimum Gasteiger partial charge on any atom is -0.385 e. The molecule has 0 aromatic heterocycles. The number of anilines is 1. The van der Waals surface area contributed by atoms with E-state index in [1.54, 1.807) is 19.2 Å². The van der Waals surface area contributed by atoms with Crippen LogP contribution in [0.2, 0.25) is 0 Å². The number of hydrogen-bond acceptors (Lipinski definition) is 2. The van der Waals surface area contributed by atoms with Gasteiger partial charge in [0.2, 0.25) is 0 Å². The minimum absolute atomic E-state index is 0.194. The first-order chi connectivity index (χ1) is 9.52. The lowest BCUT2D eigenvalue weighted by Gasteiger charge is -2.32. The minimum atomic E-state index is -0.397. The van der Waals surface area contributed by atoms with E-state index in [1.807, 2.05) is 0 Å². The second-order valence-electron chi connectivity index (χ2n) is 5.85. The number of halogens is 1. The Kier molecular flexibility index (Phi) is 4.63. The monoisotopic (exact) mass is 278 g/mol. The summed E-state index contributed by atoms with van der Waals surface area (Å²) in [5.41, 5.74) is 0.640. The molecular formula is C16H23FN2O. The van der Waals surface area contributed by atoms with Crippen LogP contribution in [0.1, 0.15) is 43.5 Å². The summed E-state index contributed by atoms with van der Waals surface area (Å²) >= 11 is 0. The van der Waals surface area contributed by atoms with Gasteiger partial charge in [-0.1, -0.05) is 19.9 Å². The van der Waals surface area contributed by atoms with Crippen molar-refractivity contribution < 1.29 is 9.18 Å². The van der Waals surface area contributed by atoms with Crippen LogP contribution in [0.25, 0.3) is 0 Å². The largest absolute Gasteiger partial charge is 0.385 e. The maximum atomic E-state index is 13.7. The zero-order valence-corrected chi connectivity index (χ0v) is 12.4. The molecule has 0 bridgehead atoms. The summed E-state index contributed by atoms with van der Waals surface area (Å²) in [5.74, 6) is 0.738. The number of nitrogens with one attached hydrogen (secondary N) is 2. The highest BCUT2D eigenvalue weighted by Crippen LogP contribution is 2.29. The lowest BCUT2D eigenvalue weighted by Crippen LogP contribution is -2.40. The van der Waals surface area contributed by atoms with Crippen LogP contribution in [0.15, 0.2) is 18.2 Å². The van der Waals surface area contributed by atoms with Crippen LogP contribution in [0.4, 0.5) is 10.1 Å². The van der Waals surface area contributed by atoms with Crippen molar-refractivity contribution in [2.75, 3.05) is 12.4 Å². The molecule has 1 aromatic carbocycles. The summed E-state index contributed by atoms with van der Waals surface area (Å²) < 4.78 is 13.7. The Morgan fingerprint density at radius 3 is 2.65 bits per heavy atom. The topological polar surface area (TPSA) is 41.1 Å². The Hall–Kier alpha value is -1.58. The molecular weight excluding hydrogens is 255 g/mol. The van der Waals surface area contributed by atoms with Gasteiger partial charge < -0.3 is 10.6 Å². The van der Waals surface area contributed by atoms with Crippen LogP contribution >= 0.6 is 0 Å². The molecule has 0 heterocycles. The predicted molar refractivity (Wildman–Crippen MR) is 79.4 cm³/mol. The smallest absolute Gasteiger partial charge is 0.253 e. The van der Waals surface area contributed by atoms with Gasteiger partial charge in [0, 0.05) is 13.1 Å². The Morgan fingerprint density at radius 2 is 2.00 bits per heavy atom. The molecule has 1 aliphatic rings. The van der Waals surface area contributed by atoms with Crippen molar-refractivity contribution in [1.29, 1.82) is 0 Å². The zero-order valence-electron chi connectivity index (χ0n) is 12.4. The van der Waals surface area contributed by atoms with E-state index in [-0.39, 0.29) is 17.6 Å². The summed E-state index contributed by atoms with van der Waals surface area (Å²) in [6, 6.07) is 4.77. The number of para-hydroxylation sites is 1. The van der Waals surface area contributed by atoms with Gasteiger partial charge >= 0.3 is 0 Å². The molecule has 3 atom stereocenters. The molecule has 1 aliphatic carbocycles. The van der Waals surface area contributed by atoms with E-state index in [4.69, 9.17) is 0 Å². The maximum absolute atomic E-state index is 13.7. The number of rotatable bonds is 3. The van der Waals surface area contributed by atoms with Gasteiger partial charge in [0.1, 0.15) is 5.82 Å². The van der Waals surface area contributed by atoms with Crippen molar-refractivity contribution in [1.82, 2.24) is 5.32 Å². The van der Waals surface area contributed by atoms with E-state index in [2.05, 4.69) is 24.5 Å². The van der Waals surface area contributed by atoms with E-state index < -0.39 is 5.82 Å². The fraction of sp³-hybridized carbons (Fsp3) is 0.562. The number of carbonyl (C=O) groups is 1. The SMILES string of the molecule is CNc1c(F)cccc1C(=O)NC1CCC(C)C(C)C1. The fourth-order valence-electron chi connectivity index (χ4n) is 2.91. The number of amides is 1. The first kappa shape index (κ1) is 14.8. The molecule has 2 N–H and O–H groups in total. The molecule has 1 amide bonds. The molecule has 3 unspecified atom stereocenters. The summed E-state index contributed by atoms with van der Waals surface area (Å²) in [4.78, 5) is 12.3. The predicted octanol–water partition coefficient (Wildman–Crippen LogP) is 3.42. The average Bonchev–Trinajstić information content (AvgIpc) is 2.42. The standard InChI is InChI=1S/C16H23FN2O/c1-10-7-8-12(9-11(10)2)19-16(20)13-5-4-6-14(17)15(13)18-3/h4-6,10-12,18H,7-9H2,1-3H3,(H,19,20). The second kappa shape index (κ2) is 6.25. The quantitative estimate of drug-likeness (QED) is 0.889. The lowest BCUT2D eigenvalue weighted by atomic mass is 9.79. The van der Waals surface area contributed by atoms with E-state index in [9.17, 15) is 9.18 Å². The summed E-state index contributed by atoms with van der Waals surface area (Å²) in [5, 5.41) is 5.80. The van der Waals surface area contributed by atoms with Crippen LogP contribution in [0.3, 0.4) is 0 Å². The number of hydrogen-bond donors (Lipinski definition) is 2. The molecule has 0 saturated heterocycles. The Bertz CT molecular complexity index is 489. The first-order valence-electron chi connectivity index (χ1n) is 7.30. The van der Waals surface area contributed by atoms with Gasteiger partial charge in [-0.05, 0) is 43.2 Å². The van der Waals surface area contributed by atoms with Gasteiger partial charge in [0.05, 0.1) is 11.3 Å². The van der Waals surface area contributed by atoms with Gasteiger partial charge in [0.15, 0.2) is 0 Å². The van der Waals surface area contributed by atoms with Gasteiger partial charge in [-0.2, -0.15) is 0 Å². The third-order valence-corrected chi connectivity index (χ3v) is 4.44. The van der Waals surface area contributed by atoms with Crippen molar-refractivity contribution in [3.05, 3.63) is 29.6 Å². The normalized spacial score (nSPS) is 26.1. The van der Waals surface area contributed by atoms with Crippen LogP contribution in [-0.4, -0.2) is 19.0 Å². The molecule has 4 heteroatoms. The molecule has 1 saturated carbocycles. The van der Waals surface area contributed by atoms with E-state index in [1.165, 1.54) is 6.07 Å². The first-order valence-corrected chi connectivity index (χ1v) is 7.30. The lowest BCUT2D eigenvalue weighted by molar-refractivity contribution is 0.0911. The molecule has 1 fully saturated rings. The van der Waals surface area contributed by atoms with Crippen LogP contribution in [0.5, 0.6) is 0 Å². The van der Waals surface area contributed by atoms with Crippen molar-refractivity contribution in [2.45, 2.75) is 39.2 Å². The second-order valence-corrected chi connectivity index (χ2v) is 5.85. The van der Waals surface area contributed by atoms with Crippen LogP contribution in [0, 0.1) is 17.7 Å². The number of benzene rings is 1. The van der Waals surface area contributed by atoms with Crippen molar-refractivity contribution in [3.63, 3.8) is 0 Å². The molecule has 2 rings (SSSR count). The zero-order chi connectivity index (χ0) is 14.7. The summed E-state index contributed by atoms with van der Waals surface area (Å²) in [7, 11) is 1.62. The highest BCUT2D eigenvalue weighted by Gasteiger charge is 2.26. The molecule has 0 aliphatic heterocycles. The summed E-state index contributed by atoms with van der Waals surface area (Å²) in [6.45, 7) is 4.48. The van der Waals surface area contributed by atoms with Crippen molar-refractivity contribution >= 4 is 11.6 Å². The van der Waals surface area contributed by atoms with E-state index in [0.29, 0.717) is 17.4 Å². The molecule has 3 nitrogen and oxygen atoms in total. The van der Waals surface area contributed by atoms with Gasteiger partial charge in [-0.3, -0.25) is 4.79 Å². The van der Waals surface area contributed by atoms with Crippen LogP contribution in [-0.2, 0) is 0 Å². The van der Waals surface area contributed by atoms with Gasteiger partial charge in [-0.15, -0.1) is 0 Å². The molecule has 1 aromatic rings. The Labute approximate surface area is 120 Å². The molecule has 20 heavy (non-hydrogen) atoms. The fourth-order valence-corrected chi connectivity index (χ4v) is 2.91. The summed E-state index contributed by atoms with van der Waals surface area (Å²) in [6.07, 6.45) is 3.13. The highest BCUT2D eigenvalue weighted by atomic mass is 19.1. The third-order valence-electron chi connectivity index (χ3n) is 4.44. The Morgan fingerprint density at radius 1 is 1.25 bits per heavy atom. The molecule has 0 radical (unpaired) electrons. The average molecular weight is 278 g/mol. The van der Waals surface area contributed by atoms with Crippen molar-refractivity contribution in [3.8, 4) is 0 Å². The van der Waals surface area contributed by atoms with E-state index in [0.717, 1.165) is 19.3 Å². The molecule has 110 valence electrons. The van der Waals surface area contributed by atoms with E-state index >= 15 is 0 Å². The highest BCUT2D eigenvalue weighted by molar-refractivity contribution is 5.99. The Balaban J connectivity index is 2.07. The number of carbonyl (C=O) groups excluding carboxylic acids is 1. The molecule has 0 spiro atoms. The maximum Gasteiger partial charge on any atom is 0.253 e. The van der Waals surface area contributed by atoms with Crippen LogP contribution < -0.4 is 10.6 Å². The van der Waals surface area contributed by atoms with Gasteiger partial charge in [-0.25, -0.2) is 4.39 Å². The third kappa shape index (κ3) is 3.11. The van der Waals surface area contributed by atoms with Crippen molar-refractivity contribution in [2.24, 2.45) is 11.8 Å². The van der Waals surface area contributed by atoms with Gasteiger partial charge in [0.25, 0.3) is 5.91 Å².